The van der Waals surface area contributed by atoms with Crippen LogP contribution in [0.2, 0.25) is 23.2 Å². The van der Waals surface area contributed by atoms with Gasteiger partial charge in [-0.15, -0.1) is 0 Å². The Labute approximate surface area is 272 Å². The van der Waals surface area contributed by atoms with E-state index in [9.17, 15) is 0 Å². The summed E-state index contributed by atoms with van der Waals surface area (Å²) < 4.78 is 26.8. The third-order valence-corrected chi connectivity index (χ3v) is 13.6. The summed E-state index contributed by atoms with van der Waals surface area (Å²) in [6.45, 7) is 12.6. The van der Waals surface area contributed by atoms with Crippen LogP contribution in [0.3, 0.4) is 0 Å². The zero-order valence-corrected chi connectivity index (χ0v) is 28.9. The molecule has 0 unspecified atom stereocenters. The van der Waals surface area contributed by atoms with Gasteiger partial charge < -0.3 is 23.2 Å². The Morgan fingerprint density at radius 3 is 1.89 bits per heavy atom. The summed E-state index contributed by atoms with van der Waals surface area (Å²) in [4.78, 5) is 9.65. The van der Waals surface area contributed by atoms with Crippen LogP contribution in [0, 0.1) is 0 Å². The number of pyridine rings is 1. The van der Waals surface area contributed by atoms with Gasteiger partial charge in [0.1, 0.15) is 35.0 Å². The third kappa shape index (κ3) is 6.79. The predicted octanol–water partition coefficient (Wildman–Crippen LogP) is 8.63. The van der Waals surface area contributed by atoms with Gasteiger partial charge in [0.25, 0.3) is 0 Å². The monoisotopic (exact) mass is 643 g/mol. The first-order valence-corrected chi connectivity index (χ1v) is 18.4. The summed E-state index contributed by atoms with van der Waals surface area (Å²) in [6, 6.07) is 28.1. The minimum absolute atomic E-state index is 0.105. The molecule has 2 heterocycles. The van der Waals surface area contributed by atoms with Gasteiger partial charge >= 0.3 is 0 Å². The minimum Gasteiger partial charge on any atom is -0.497 e. The normalized spacial score (nSPS) is 12.4. The molecule has 5 rings (SSSR count). The quantitative estimate of drug-likeness (QED) is 0.100. The van der Waals surface area contributed by atoms with Gasteiger partial charge in [-0.05, 0) is 65.2 Å². The molecule has 0 saturated heterocycles. The molecule has 0 aliphatic heterocycles. The molecule has 9 heteroatoms. The van der Waals surface area contributed by atoms with E-state index in [1.807, 2.05) is 72.8 Å². The maximum Gasteiger partial charge on any atom is 0.192 e. The number of rotatable bonds is 12. The smallest absolute Gasteiger partial charge is 0.192 e. The van der Waals surface area contributed by atoms with Crippen LogP contribution >= 0.6 is 11.6 Å². The van der Waals surface area contributed by atoms with Crippen LogP contribution in [0.4, 0.5) is 0 Å². The van der Waals surface area contributed by atoms with Gasteiger partial charge in [-0.2, -0.15) is 0 Å². The highest BCUT2D eigenvalue weighted by atomic mass is 35.5. The number of imidazole rings is 1. The van der Waals surface area contributed by atoms with E-state index in [1.54, 1.807) is 20.4 Å². The second kappa shape index (κ2) is 13.3. The first kappa shape index (κ1) is 32.7. The van der Waals surface area contributed by atoms with E-state index in [0.717, 1.165) is 39.7 Å². The number of hydrogen-bond acceptors (Lipinski definition) is 6. The van der Waals surface area contributed by atoms with Crippen molar-refractivity contribution in [2.45, 2.75) is 57.7 Å². The topological polar surface area (TPSA) is 67.6 Å². The van der Waals surface area contributed by atoms with Gasteiger partial charge in [0, 0.05) is 12.7 Å². The highest BCUT2D eigenvalue weighted by molar-refractivity contribution is 6.74. The van der Waals surface area contributed by atoms with Crippen molar-refractivity contribution >= 4 is 31.1 Å². The largest absolute Gasteiger partial charge is 0.497 e. The van der Waals surface area contributed by atoms with Crippen LogP contribution in [0.1, 0.15) is 43.3 Å². The van der Waals surface area contributed by atoms with Gasteiger partial charge in [0.2, 0.25) is 0 Å². The lowest BCUT2D eigenvalue weighted by Gasteiger charge is -2.36. The van der Waals surface area contributed by atoms with Crippen molar-refractivity contribution in [3.05, 3.63) is 119 Å². The van der Waals surface area contributed by atoms with Crippen molar-refractivity contribution in [3.8, 4) is 11.5 Å². The molecule has 0 aliphatic rings. The molecule has 0 aliphatic carbocycles. The SMILES string of the molecule is COc1ccc(C(OCc2nc3cc(Cl)cnc3n2CCO[Si](C)(C)C(C)(C)C)(c2ccccc2)c2ccc(OC)cc2)cc1. The molecule has 2 aromatic heterocycles. The van der Waals surface area contributed by atoms with E-state index in [4.69, 9.17) is 35.2 Å². The molecule has 7 nitrogen and oxygen atoms in total. The van der Waals surface area contributed by atoms with Gasteiger partial charge in [-0.25, -0.2) is 9.97 Å². The molecule has 45 heavy (non-hydrogen) atoms. The molecule has 0 bridgehead atoms. The van der Waals surface area contributed by atoms with Crippen LogP contribution in [-0.4, -0.2) is 43.7 Å². The van der Waals surface area contributed by atoms with Crippen molar-refractivity contribution in [2.75, 3.05) is 20.8 Å². The summed E-state index contributed by atoms with van der Waals surface area (Å²) >= 11 is 6.35. The molecule has 0 fully saturated rings. The summed E-state index contributed by atoms with van der Waals surface area (Å²) in [6.07, 6.45) is 1.66. The molecule has 3 aromatic carbocycles. The molecule has 0 spiro atoms. The highest BCUT2D eigenvalue weighted by Crippen LogP contribution is 2.42. The van der Waals surface area contributed by atoms with Gasteiger partial charge in [0.15, 0.2) is 14.0 Å². The van der Waals surface area contributed by atoms with E-state index in [1.165, 1.54) is 0 Å². The molecule has 0 N–H and O–H groups in total. The van der Waals surface area contributed by atoms with Crippen molar-refractivity contribution in [1.29, 1.82) is 0 Å². The molecular weight excluding hydrogens is 602 g/mol. The number of aromatic nitrogens is 3. The fourth-order valence-corrected chi connectivity index (χ4v) is 6.42. The van der Waals surface area contributed by atoms with Crippen molar-refractivity contribution < 1.29 is 18.6 Å². The molecule has 0 atom stereocenters. The van der Waals surface area contributed by atoms with E-state index >= 15 is 0 Å². The van der Waals surface area contributed by atoms with Gasteiger partial charge in [-0.3, -0.25) is 0 Å². The van der Waals surface area contributed by atoms with Gasteiger partial charge in [-0.1, -0.05) is 87.0 Å². The van der Waals surface area contributed by atoms with Crippen molar-refractivity contribution in [2.24, 2.45) is 0 Å². The van der Waals surface area contributed by atoms with Crippen molar-refractivity contribution in [1.82, 2.24) is 14.5 Å². The third-order valence-electron chi connectivity index (χ3n) is 8.81. The second-order valence-corrected chi connectivity index (χ2v) is 17.8. The lowest BCUT2D eigenvalue weighted by molar-refractivity contribution is -0.00455. The Bertz CT molecular complexity index is 1670. The zero-order valence-electron chi connectivity index (χ0n) is 27.1. The second-order valence-electron chi connectivity index (χ2n) is 12.6. The summed E-state index contributed by atoms with van der Waals surface area (Å²) in [5, 5.41) is 0.639. The maximum atomic E-state index is 7.17. The Morgan fingerprint density at radius 2 is 1.36 bits per heavy atom. The van der Waals surface area contributed by atoms with Crippen LogP contribution in [0.5, 0.6) is 11.5 Å². The first-order valence-electron chi connectivity index (χ1n) is 15.1. The molecule has 0 amide bonds. The molecular formula is C36H42ClN3O4Si. The van der Waals surface area contributed by atoms with Crippen LogP contribution in [-0.2, 0) is 27.9 Å². The fourth-order valence-electron chi connectivity index (χ4n) is 5.23. The minimum atomic E-state index is -1.96. The van der Waals surface area contributed by atoms with Crippen molar-refractivity contribution in [3.63, 3.8) is 0 Å². The van der Waals surface area contributed by atoms with E-state index in [-0.39, 0.29) is 11.6 Å². The number of fused-ring (bicyclic) bond motifs is 1. The number of methoxy groups -OCH3 is 2. The lowest BCUT2D eigenvalue weighted by atomic mass is 9.80. The van der Waals surface area contributed by atoms with E-state index in [2.05, 4.69) is 55.5 Å². The number of ether oxygens (including phenoxy) is 3. The lowest BCUT2D eigenvalue weighted by Crippen LogP contribution is -2.41. The Morgan fingerprint density at radius 1 is 0.800 bits per heavy atom. The van der Waals surface area contributed by atoms with Crippen LogP contribution in [0.25, 0.3) is 11.2 Å². The van der Waals surface area contributed by atoms with Crippen LogP contribution in [0.15, 0.2) is 91.1 Å². The molecule has 236 valence electrons. The summed E-state index contributed by atoms with van der Waals surface area (Å²) in [7, 11) is 1.38. The average molecular weight is 644 g/mol. The first-order chi connectivity index (χ1) is 21.5. The number of nitrogens with zero attached hydrogens (tertiary/aromatic N) is 3. The molecule has 5 aromatic rings. The molecule has 0 radical (unpaired) electrons. The highest BCUT2D eigenvalue weighted by Gasteiger charge is 2.39. The predicted molar refractivity (Wildman–Crippen MR) is 183 cm³/mol. The zero-order chi connectivity index (χ0) is 32.2. The summed E-state index contributed by atoms with van der Waals surface area (Å²) in [5.74, 6) is 2.27. The fraction of sp³-hybridized carbons (Fsp3) is 0.333. The molecule has 0 saturated carbocycles. The average Bonchev–Trinajstić information content (AvgIpc) is 3.38. The number of hydrogen-bond donors (Lipinski definition) is 0. The van der Waals surface area contributed by atoms with Crippen LogP contribution < -0.4 is 9.47 Å². The van der Waals surface area contributed by atoms with E-state index < -0.39 is 13.9 Å². The Kier molecular flexibility index (Phi) is 9.70. The number of halogens is 1. The van der Waals surface area contributed by atoms with E-state index in [0.29, 0.717) is 23.7 Å². The summed E-state index contributed by atoms with van der Waals surface area (Å²) in [5.41, 5.74) is 3.36. The Hall–Kier alpha value is -3.69. The number of benzene rings is 3. The van der Waals surface area contributed by atoms with Gasteiger partial charge in [0.05, 0.1) is 25.8 Å². The maximum absolute atomic E-state index is 7.17. The standard InChI is InChI=1S/C36H42ClN3O4Si/c1-35(2,3)45(6,7)44-22-21-40-33(39-32-23-29(37)24-38-34(32)40)25-43-36(26-11-9-8-10-12-26,27-13-17-30(41-4)18-14-27)28-15-19-31(42-5)20-16-28/h8-20,23-24H,21-22,25H2,1-7H3. The Balaban J connectivity index is 1.60.